The summed E-state index contributed by atoms with van der Waals surface area (Å²) in [5.41, 5.74) is 11.7. The number of aryl methyl sites for hydroxylation is 1. The number of nitrogens with two attached hydrogens (primary N) is 2. The molecule has 0 fully saturated rings. The van der Waals surface area contributed by atoms with E-state index in [-0.39, 0.29) is 11.7 Å². The summed E-state index contributed by atoms with van der Waals surface area (Å²) >= 11 is 6.04. The van der Waals surface area contributed by atoms with E-state index in [1.54, 1.807) is 12.1 Å². The minimum atomic E-state index is -0.212. The van der Waals surface area contributed by atoms with Gasteiger partial charge >= 0.3 is 0 Å². The third kappa shape index (κ3) is 2.72. The SMILES string of the molecule is Cc1cccc(/C(C#N)=N/N=C(N)N)c1Cl. The van der Waals surface area contributed by atoms with Crippen molar-refractivity contribution in [3.63, 3.8) is 0 Å². The number of halogens is 1. The zero-order chi connectivity index (χ0) is 12.1. The monoisotopic (exact) mass is 235 g/mol. The van der Waals surface area contributed by atoms with E-state index in [9.17, 15) is 0 Å². The number of benzene rings is 1. The molecule has 4 N–H and O–H groups in total. The first kappa shape index (κ1) is 12.0. The second kappa shape index (κ2) is 5.14. The number of rotatable bonds is 2. The standard InChI is InChI=1S/C10H10ClN5/c1-6-3-2-4-7(9(6)11)8(5-12)15-16-10(13)14/h2-4H,1H3,(H4,13,14,16)/b15-8+. The zero-order valence-electron chi connectivity index (χ0n) is 8.61. The Labute approximate surface area is 98.0 Å². The molecule has 0 spiro atoms. The van der Waals surface area contributed by atoms with Crippen molar-refractivity contribution in [1.29, 1.82) is 5.26 Å². The quantitative estimate of drug-likeness (QED) is 0.457. The fraction of sp³-hybridized carbons (Fsp3) is 0.100. The molecule has 82 valence electrons. The Morgan fingerprint density at radius 1 is 1.38 bits per heavy atom. The number of hydrogen-bond donors (Lipinski definition) is 2. The van der Waals surface area contributed by atoms with Crippen LogP contribution in [0.5, 0.6) is 0 Å². The van der Waals surface area contributed by atoms with Gasteiger partial charge in [-0.15, -0.1) is 10.2 Å². The summed E-state index contributed by atoms with van der Waals surface area (Å²) < 4.78 is 0. The highest BCUT2D eigenvalue weighted by atomic mass is 35.5. The lowest BCUT2D eigenvalue weighted by atomic mass is 10.1. The molecule has 6 heteroatoms. The van der Waals surface area contributed by atoms with E-state index in [4.69, 9.17) is 28.3 Å². The molecular formula is C10H10ClN5. The number of guanidine groups is 1. The maximum atomic E-state index is 8.92. The molecule has 5 nitrogen and oxygen atoms in total. The molecule has 0 bridgehead atoms. The van der Waals surface area contributed by atoms with Crippen LogP contribution in [0.1, 0.15) is 11.1 Å². The summed E-state index contributed by atoms with van der Waals surface area (Å²) in [5.74, 6) is -0.212. The predicted octanol–water partition coefficient (Wildman–Crippen LogP) is 1.15. The van der Waals surface area contributed by atoms with Crippen LogP contribution >= 0.6 is 11.6 Å². The van der Waals surface area contributed by atoms with Gasteiger partial charge in [0.25, 0.3) is 0 Å². The topological polar surface area (TPSA) is 101 Å². The minimum absolute atomic E-state index is 0.0714. The van der Waals surface area contributed by atoms with Gasteiger partial charge in [0, 0.05) is 5.56 Å². The van der Waals surface area contributed by atoms with Crippen LogP contribution in [0, 0.1) is 18.3 Å². The van der Waals surface area contributed by atoms with Crippen LogP contribution in [-0.4, -0.2) is 11.7 Å². The lowest BCUT2D eigenvalue weighted by molar-refractivity contribution is 1.20. The Morgan fingerprint density at radius 2 is 2.06 bits per heavy atom. The largest absolute Gasteiger partial charge is 0.369 e. The Morgan fingerprint density at radius 3 is 2.62 bits per heavy atom. The second-order valence-corrected chi connectivity index (χ2v) is 3.40. The van der Waals surface area contributed by atoms with Gasteiger partial charge in [0.15, 0.2) is 5.71 Å². The molecule has 0 atom stereocenters. The summed E-state index contributed by atoms with van der Waals surface area (Å²) in [6.07, 6.45) is 0. The number of nitriles is 1. The minimum Gasteiger partial charge on any atom is -0.369 e. The van der Waals surface area contributed by atoms with Crippen LogP contribution in [0.4, 0.5) is 0 Å². The summed E-state index contributed by atoms with van der Waals surface area (Å²) in [4.78, 5) is 0. The van der Waals surface area contributed by atoms with Crippen molar-refractivity contribution in [1.82, 2.24) is 0 Å². The molecule has 0 aliphatic heterocycles. The van der Waals surface area contributed by atoms with Crippen molar-refractivity contribution < 1.29 is 0 Å². The first-order valence-electron chi connectivity index (χ1n) is 4.38. The van der Waals surface area contributed by atoms with Crippen LogP contribution < -0.4 is 11.5 Å². The summed E-state index contributed by atoms with van der Waals surface area (Å²) in [7, 11) is 0. The van der Waals surface area contributed by atoms with E-state index in [0.717, 1.165) is 5.56 Å². The molecule has 1 aromatic rings. The number of nitrogens with zero attached hydrogens (tertiary/aromatic N) is 3. The van der Waals surface area contributed by atoms with Crippen molar-refractivity contribution in [2.45, 2.75) is 6.92 Å². The molecule has 0 heterocycles. The van der Waals surface area contributed by atoms with Crippen molar-refractivity contribution in [2.24, 2.45) is 21.7 Å². The molecule has 0 saturated heterocycles. The van der Waals surface area contributed by atoms with E-state index in [1.807, 2.05) is 19.1 Å². The average Bonchev–Trinajstić information content (AvgIpc) is 2.24. The normalized spacial score (nSPS) is 10.7. The molecule has 0 aliphatic rings. The van der Waals surface area contributed by atoms with Crippen LogP contribution in [0.3, 0.4) is 0 Å². The van der Waals surface area contributed by atoms with Crippen molar-refractivity contribution in [3.05, 3.63) is 34.3 Å². The van der Waals surface area contributed by atoms with Gasteiger partial charge in [0.1, 0.15) is 6.07 Å². The van der Waals surface area contributed by atoms with E-state index in [1.165, 1.54) is 0 Å². The van der Waals surface area contributed by atoms with Gasteiger partial charge in [0.05, 0.1) is 5.02 Å². The molecule has 0 radical (unpaired) electrons. The summed E-state index contributed by atoms with van der Waals surface area (Å²) in [5, 5.41) is 16.4. The highest BCUT2D eigenvalue weighted by molar-refractivity contribution is 6.36. The summed E-state index contributed by atoms with van der Waals surface area (Å²) in [6, 6.07) is 7.18. The number of hydrogen-bond acceptors (Lipinski definition) is 3. The van der Waals surface area contributed by atoms with Crippen LogP contribution in [0.15, 0.2) is 28.4 Å². The van der Waals surface area contributed by atoms with Gasteiger partial charge in [-0.3, -0.25) is 0 Å². The Balaban J connectivity index is 3.26. The molecule has 0 unspecified atom stereocenters. The van der Waals surface area contributed by atoms with Gasteiger partial charge in [0.2, 0.25) is 5.96 Å². The Hall–Kier alpha value is -2.06. The third-order valence-corrected chi connectivity index (χ3v) is 2.32. The van der Waals surface area contributed by atoms with Crippen molar-refractivity contribution >= 4 is 23.3 Å². The molecule has 0 aliphatic carbocycles. The average molecular weight is 236 g/mol. The van der Waals surface area contributed by atoms with Crippen LogP contribution in [0.25, 0.3) is 0 Å². The van der Waals surface area contributed by atoms with Gasteiger partial charge in [-0.25, -0.2) is 0 Å². The van der Waals surface area contributed by atoms with E-state index in [0.29, 0.717) is 10.6 Å². The van der Waals surface area contributed by atoms with Crippen LogP contribution in [-0.2, 0) is 0 Å². The molecule has 16 heavy (non-hydrogen) atoms. The third-order valence-electron chi connectivity index (χ3n) is 1.82. The first-order chi connectivity index (χ1) is 7.56. The van der Waals surface area contributed by atoms with Gasteiger partial charge in [-0.05, 0) is 12.5 Å². The van der Waals surface area contributed by atoms with Crippen molar-refractivity contribution in [3.8, 4) is 6.07 Å². The van der Waals surface area contributed by atoms with Gasteiger partial charge in [-0.1, -0.05) is 29.8 Å². The fourth-order valence-corrected chi connectivity index (χ4v) is 1.29. The van der Waals surface area contributed by atoms with E-state index in [2.05, 4.69) is 10.2 Å². The fourth-order valence-electron chi connectivity index (χ4n) is 1.07. The summed E-state index contributed by atoms with van der Waals surface area (Å²) in [6.45, 7) is 1.83. The highest BCUT2D eigenvalue weighted by Crippen LogP contribution is 2.20. The predicted molar refractivity (Wildman–Crippen MR) is 64.1 cm³/mol. The first-order valence-corrected chi connectivity index (χ1v) is 4.76. The zero-order valence-corrected chi connectivity index (χ0v) is 9.36. The second-order valence-electron chi connectivity index (χ2n) is 3.02. The molecule has 0 amide bonds. The maximum Gasteiger partial charge on any atom is 0.211 e. The van der Waals surface area contributed by atoms with Gasteiger partial charge in [-0.2, -0.15) is 5.26 Å². The molecular weight excluding hydrogens is 226 g/mol. The van der Waals surface area contributed by atoms with E-state index < -0.39 is 0 Å². The molecule has 1 aromatic carbocycles. The van der Waals surface area contributed by atoms with Crippen LogP contribution in [0.2, 0.25) is 5.02 Å². The van der Waals surface area contributed by atoms with E-state index >= 15 is 0 Å². The molecule has 1 rings (SSSR count). The maximum absolute atomic E-state index is 8.92. The van der Waals surface area contributed by atoms with Gasteiger partial charge < -0.3 is 11.5 Å². The lowest BCUT2D eigenvalue weighted by Crippen LogP contribution is -2.22. The Kier molecular flexibility index (Phi) is 3.86. The van der Waals surface area contributed by atoms with Crippen molar-refractivity contribution in [2.75, 3.05) is 0 Å². The Bertz CT molecular complexity index is 494. The molecule has 0 aromatic heterocycles. The highest BCUT2D eigenvalue weighted by Gasteiger charge is 2.09. The lowest BCUT2D eigenvalue weighted by Gasteiger charge is -2.02. The smallest absolute Gasteiger partial charge is 0.211 e. The molecule has 0 saturated carbocycles.